The van der Waals surface area contributed by atoms with Gasteiger partial charge < -0.3 is 14.6 Å². The summed E-state index contributed by atoms with van der Waals surface area (Å²) in [6.07, 6.45) is 4.07. The van der Waals surface area contributed by atoms with Gasteiger partial charge in [-0.15, -0.1) is 0 Å². The van der Waals surface area contributed by atoms with E-state index in [2.05, 4.69) is 10.3 Å². The highest BCUT2D eigenvalue weighted by molar-refractivity contribution is 7.99. The fourth-order valence-electron chi connectivity index (χ4n) is 2.18. The number of hydrogen-bond donors (Lipinski definition) is 1. The van der Waals surface area contributed by atoms with E-state index in [4.69, 9.17) is 4.74 Å². The minimum absolute atomic E-state index is 0.0153. The summed E-state index contributed by atoms with van der Waals surface area (Å²) in [7, 11) is 1.94. The molecule has 0 aliphatic carbocycles. The highest BCUT2D eigenvalue weighted by Crippen LogP contribution is 2.23. The van der Waals surface area contributed by atoms with Crippen molar-refractivity contribution < 1.29 is 9.53 Å². The summed E-state index contributed by atoms with van der Waals surface area (Å²) < 4.78 is 7.67. The number of hydrogen-bond acceptors (Lipinski definition) is 4. The zero-order valence-corrected chi connectivity index (χ0v) is 14.7. The van der Waals surface area contributed by atoms with Gasteiger partial charge in [0, 0.05) is 37.3 Å². The Morgan fingerprint density at radius 2 is 1.84 bits per heavy atom. The summed E-state index contributed by atoms with van der Waals surface area (Å²) in [5.41, 5.74) is 0.757. The SMILES string of the molecule is Cn1ccnc1SCCC(=O)Nc1ccc(Oc2ccccc2)cc1. The second kappa shape index (κ2) is 8.39. The molecule has 3 aromatic rings. The van der Waals surface area contributed by atoms with Gasteiger partial charge in [0.25, 0.3) is 0 Å². The number of aromatic nitrogens is 2. The first kappa shape index (κ1) is 17.1. The van der Waals surface area contributed by atoms with Crippen molar-refractivity contribution in [3.05, 3.63) is 67.0 Å². The number of aryl methyl sites for hydroxylation is 1. The van der Waals surface area contributed by atoms with E-state index in [-0.39, 0.29) is 5.91 Å². The quantitative estimate of drug-likeness (QED) is 0.642. The minimum Gasteiger partial charge on any atom is -0.457 e. The summed E-state index contributed by atoms with van der Waals surface area (Å²) >= 11 is 1.57. The van der Waals surface area contributed by atoms with Gasteiger partial charge in [-0.1, -0.05) is 30.0 Å². The number of benzene rings is 2. The highest BCUT2D eigenvalue weighted by Gasteiger charge is 2.05. The maximum absolute atomic E-state index is 12.0. The zero-order valence-electron chi connectivity index (χ0n) is 13.9. The summed E-state index contributed by atoms with van der Waals surface area (Å²) in [5.74, 6) is 2.19. The van der Waals surface area contributed by atoms with Crippen molar-refractivity contribution in [2.24, 2.45) is 7.05 Å². The lowest BCUT2D eigenvalue weighted by Gasteiger charge is -2.08. The van der Waals surface area contributed by atoms with Gasteiger partial charge >= 0.3 is 0 Å². The molecule has 1 heterocycles. The van der Waals surface area contributed by atoms with Crippen molar-refractivity contribution >= 4 is 23.4 Å². The monoisotopic (exact) mass is 353 g/mol. The normalized spacial score (nSPS) is 10.4. The minimum atomic E-state index is -0.0153. The summed E-state index contributed by atoms with van der Waals surface area (Å²) in [6.45, 7) is 0. The molecule has 0 aliphatic rings. The van der Waals surface area contributed by atoms with Crippen molar-refractivity contribution in [2.75, 3.05) is 11.1 Å². The molecule has 25 heavy (non-hydrogen) atoms. The van der Waals surface area contributed by atoms with Crippen LogP contribution < -0.4 is 10.1 Å². The van der Waals surface area contributed by atoms with Crippen molar-refractivity contribution in [1.82, 2.24) is 9.55 Å². The van der Waals surface area contributed by atoms with Crippen molar-refractivity contribution in [2.45, 2.75) is 11.6 Å². The number of para-hydroxylation sites is 1. The Balaban J connectivity index is 1.46. The van der Waals surface area contributed by atoms with Gasteiger partial charge in [-0.25, -0.2) is 4.98 Å². The Morgan fingerprint density at radius 3 is 2.52 bits per heavy atom. The van der Waals surface area contributed by atoms with Gasteiger partial charge in [-0.3, -0.25) is 4.79 Å². The van der Waals surface area contributed by atoms with Gasteiger partial charge in [-0.2, -0.15) is 0 Å². The lowest BCUT2D eigenvalue weighted by molar-refractivity contribution is -0.115. The largest absolute Gasteiger partial charge is 0.457 e. The number of rotatable bonds is 7. The first-order valence-corrected chi connectivity index (χ1v) is 8.92. The number of ether oxygens (including phenoxy) is 1. The molecule has 1 amide bonds. The van der Waals surface area contributed by atoms with Crippen LogP contribution in [0.1, 0.15) is 6.42 Å². The van der Waals surface area contributed by atoms with E-state index in [1.165, 1.54) is 0 Å². The maximum atomic E-state index is 12.0. The molecule has 0 spiro atoms. The molecular formula is C19H19N3O2S. The van der Waals surface area contributed by atoms with E-state index >= 15 is 0 Å². The molecule has 1 aromatic heterocycles. The summed E-state index contributed by atoms with van der Waals surface area (Å²) in [5, 5.41) is 3.80. The maximum Gasteiger partial charge on any atom is 0.225 e. The van der Waals surface area contributed by atoms with Crippen LogP contribution in [0.4, 0.5) is 5.69 Å². The summed E-state index contributed by atoms with van der Waals surface area (Å²) in [6, 6.07) is 16.9. The van der Waals surface area contributed by atoms with E-state index in [1.807, 2.05) is 72.4 Å². The third kappa shape index (κ3) is 5.12. The van der Waals surface area contributed by atoms with Crippen LogP contribution in [-0.4, -0.2) is 21.2 Å². The van der Waals surface area contributed by atoms with Crippen LogP contribution in [0.5, 0.6) is 11.5 Å². The molecule has 6 heteroatoms. The Labute approximate surface area is 151 Å². The van der Waals surface area contributed by atoms with Gasteiger partial charge in [0.05, 0.1) is 0 Å². The number of imidazole rings is 1. The molecule has 2 aromatic carbocycles. The van der Waals surface area contributed by atoms with Gasteiger partial charge in [-0.05, 0) is 36.4 Å². The molecule has 0 unspecified atom stereocenters. The number of nitrogens with zero attached hydrogens (tertiary/aromatic N) is 2. The average Bonchev–Trinajstić information content (AvgIpc) is 3.03. The highest BCUT2D eigenvalue weighted by atomic mass is 32.2. The van der Waals surface area contributed by atoms with Gasteiger partial charge in [0.15, 0.2) is 5.16 Å². The molecule has 0 radical (unpaired) electrons. The van der Waals surface area contributed by atoms with Crippen LogP contribution in [-0.2, 0) is 11.8 Å². The lowest BCUT2D eigenvalue weighted by atomic mass is 10.3. The summed E-state index contributed by atoms with van der Waals surface area (Å²) in [4.78, 5) is 16.2. The predicted molar refractivity (Wildman–Crippen MR) is 100 cm³/mol. The fraction of sp³-hybridized carbons (Fsp3) is 0.158. The van der Waals surface area contributed by atoms with E-state index in [0.717, 1.165) is 22.3 Å². The molecule has 0 fully saturated rings. The standard InChI is InChI=1S/C19H19N3O2S/c1-22-13-12-20-19(22)25-14-11-18(23)21-15-7-9-17(10-8-15)24-16-5-3-2-4-6-16/h2-10,12-13H,11,14H2,1H3,(H,21,23). The number of amides is 1. The van der Waals surface area contributed by atoms with E-state index in [9.17, 15) is 4.79 Å². The molecule has 0 atom stereocenters. The molecule has 1 N–H and O–H groups in total. The number of carbonyl (C=O) groups is 1. The van der Waals surface area contributed by atoms with Crippen LogP contribution in [0.25, 0.3) is 0 Å². The van der Waals surface area contributed by atoms with Gasteiger partial charge in [0.1, 0.15) is 11.5 Å². The van der Waals surface area contributed by atoms with Crippen molar-refractivity contribution in [3.8, 4) is 11.5 Å². The smallest absolute Gasteiger partial charge is 0.225 e. The van der Waals surface area contributed by atoms with Crippen LogP contribution >= 0.6 is 11.8 Å². The van der Waals surface area contributed by atoms with Gasteiger partial charge in [0.2, 0.25) is 5.91 Å². The molecular weight excluding hydrogens is 334 g/mol. The first-order valence-electron chi connectivity index (χ1n) is 7.93. The van der Waals surface area contributed by atoms with E-state index in [0.29, 0.717) is 12.2 Å². The molecule has 3 rings (SSSR count). The van der Waals surface area contributed by atoms with Crippen molar-refractivity contribution in [3.63, 3.8) is 0 Å². The second-order valence-corrected chi connectivity index (χ2v) is 6.47. The number of nitrogens with one attached hydrogen (secondary N) is 1. The Kier molecular flexibility index (Phi) is 5.74. The number of thioether (sulfide) groups is 1. The average molecular weight is 353 g/mol. The van der Waals surface area contributed by atoms with E-state index < -0.39 is 0 Å². The number of anilines is 1. The van der Waals surface area contributed by atoms with Crippen LogP contribution in [0.15, 0.2) is 72.1 Å². The Hall–Kier alpha value is -2.73. The van der Waals surface area contributed by atoms with E-state index in [1.54, 1.807) is 18.0 Å². The van der Waals surface area contributed by atoms with Crippen LogP contribution in [0.2, 0.25) is 0 Å². The molecule has 5 nitrogen and oxygen atoms in total. The van der Waals surface area contributed by atoms with Crippen LogP contribution in [0.3, 0.4) is 0 Å². The fourth-order valence-corrected chi connectivity index (χ4v) is 3.05. The molecule has 0 bridgehead atoms. The predicted octanol–water partition coefficient (Wildman–Crippen LogP) is 4.33. The first-order chi connectivity index (χ1) is 12.2. The number of carbonyl (C=O) groups excluding carboxylic acids is 1. The van der Waals surface area contributed by atoms with Crippen LogP contribution in [0, 0.1) is 0 Å². The topological polar surface area (TPSA) is 56.2 Å². The Bertz CT molecular complexity index is 816. The molecule has 128 valence electrons. The Morgan fingerprint density at radius 1 is 1.12 bits per heavy atom. The third-order valence-electron chi connectivity index (χ3n) is 3.45. The molecule has 0 saturated heterocycles. The second-order valence-electron chi connectivity index (χ2n) is 5.41. The lowest BCUT2D eigenvalue weighted by Crippen LogP contribution is -2.12. The molecule has 0 aliphatic heterocycles. The zero-order chi connectivity index (χ0) is 17.5. The van der Waals surface area contributed by atoms with Crippen molar-refractivity contribution in [1.29, 1.82) is 0 Å². The third-order valence-corrected chi connectivity index (χ3v) is 4.51. The molecule has 0 saturated carbocycles.